The fourth-order valence-corrected chi connectivity index (χ4v) is 1.52. The van der Waals surface area contributed by atoms with Crippen molar-refractivity contribution in [2.75, 3.05) is 19.6 Å². The summed E-state index contributed by atoms with van der Waals surface area (Å²) >= 11 is 0. The molecule has 80 valence electrons. The van der Waals surface area contributed by atoms with Gasteiger partial charge in [0.15, 0.2) is 0 Å². The molecule has 1 aliphatic heterocycles. The number of nitrogens with zero attached hydrogens (tertiary/aromatic N) is 1. The number of hydrogen-bond acceptors (Lipinski definition) is 2. The van der Waals surface area contributed by atoms with Gasteiger partial charge in [0, 0.05) is 13.0 Å². The normalized spacial score (nSPS) is 22.7. The quantitative estimate of drug-likeness (QED) is 0.690. The van der Waals surface area contributed by atoms with E-state index >= 15 is 0 Å². The molecule has 0 bridgehead atoms. The average Bonchev–Trinajstić information content (AvgIpc) is 2.01. The molecular formula is C9H14F2N2O. The summed E-state index contributed by atoms with van der Waals surface area (Å²) < 4.78 is 25.8. The van der Waals surface area contributed by atoms with Crippen molar-refractivity contribution in [2.45, 2.75) is 18.8 Å². The molecule has 1 heterocycles. The molecule has 0 aromatic rings. The van der Waals surface area contributed by atoms with Gasteiger partial charge < -0.3 is 5.73 Å². The van der Waals surface area contributed by atoms with Gasteiger partial charge in [-0.2, -0.15) is 0 Å². The summed E-state index contributed by atoms with van der Waals surface area (Å²) in [5, 5.41) is 0. The van der Waals surface area contributed by atoms with Crippen LogP contribution in [0.2, 0.25) is 0 Å². The zero-order chi connectivity index (χ0) is 10.6. The number of carbonyl (C=O) groups is 1. The van der Waals surface area contributed by atoms with Crippen LogP contribution in [-0.2, 0) is 4.79 Å². The Morgan fingerprint density at radius 2 is 2.29 bits per heavy atom. The monoisotopic (exact) mass is 204 g/mol. The second-order valence-electron chi connectivity index (χ2n) is 3.50. The van der Waals surface area contributed by atoms with Crippen molar-refractivity contribution in [3.05, 3.63) is 12.2 Å². The van der Waals surface area contributed by atoms with E-state index in [1.165, 1.54) is 12.2 Å². The third-order valence-corrected chi connectivity index (χ3v) is 2.12. The summed E-state index contributed by atoms with van der Waals surface area (Å²) in [7, 11) is 0. The number of amides is 1. The lowest BCUT2D eigenvalue weighted by Crippen LogP contribution is -2.42. The molecule has 0 aromatic carbocycles. The molecule has 1 fully saturated rings. The number of halogens is 2. The molecule has 1 aliphatic rings. The molecule has 5 heteroatoms. The maximum atomic E-state index is 12.9. The maximum Gasteiger partial charge on any atom is 0.260 e. The van der Waals surface area contributed by atoms with E-state index in [1.54, 1.807) is 4.90 Å². The number of rotatable bonds is 3. The van der Waals surface area contributed by atoms with Crippen molar-refractivity contribution >= 4 is 5.91 Å². The van der Waals surface area contributed by atoms with Gasteiger partial charge in [-0.1, -0.05) is 6.08 Å². The Morgan fingerprint density at radius 3 is 2.86 bits per heavy atom. The van der Waals surface area contributed by atoms with Gasteiger partial charge in [-0.05, 0) is 19.0 Å². The SMILES string of the molecule is NC(=O)C=CCN1CCCC(F)(F)C1. The van der Waals surface area contributed by atoms with E-state index in [0.29, 0.717) is 19.5 Å². The first-order valence-corrected chi connectivity index (χ1v) is 4.56. The Balaban J connectivity index is 2.35. The van der Waals surface area contributed by atoms with Gasteiger partial charge in [0.2, 0.25) is 5.91 Å². The largest absolute Gasteiger partial charge is 0.366 e. The maximum absolute atomic E-state index is 12.9. The number of alkyl halides is 2. The standard InChI is InChI=1S/C9H14F2N2O/c10-9(11)4-2-6-13(7-9)5-1-3-8(12)14/h1,3H,2,4-7H2,(H2,12,14). The zero-order valence-electron chi connectivity index (χ0n) is 7.88. The molecular weight excluding hydrogens is 190 g/mol. The van der Waals surface area contributed by atoms with Gasteiger partial charge in [-0.3, -0.25) is 9.69 Å². The molecule has 0 saturated carbocycles. The van der Waals surface area contributed by atoms with Crippen molar-refractivity contribution in [1.29, 1.82) is 0 Å². The first-order chi connectivity index (χ1) is 6.49. The van der Waals surface area contributed by atoms with Gasteiger partial charge >= 0.3 is 0 Å². The molecule has 0 aromatic heterocycles. The third kappa shape index (κ3) is 3.83. The first kappa shape index (κ1) is 11.1. The summed E-state index contributed by atoms with van der Waals surface area (Å²) in [6, 6.07) is 0. The van der Waals surface area contributed by atoms with Gasteiger partial charge in [0.05, 0.1) is 6.54 Å². The molecule has 1 amide bonds. The van der Waals surface area contributed by atoms with Crippen molar-refractivity contribution in [3.63, 3.8) is 0 Å². The van der Waals surface area contributed by atoms with E-state index in [0.717, 1.165) is 0 Å². The summed E-state index contributed by atoms with van der Waals surface area (Å²) in [5.41, 5.74) is 4.87. The lowest BCUT2D eigenvalue weighted by Gasteiger charge is -2.31. The van der Waals surface area contributed by atoms with E-state index in [4.69, 9.17) is 5.73 Å². The Kier molecular flexibility index (Phi) is 3.57. The lowest BCUT2D eigenvalue weighted by atomic mass is 10.1. The summed E-state index contributed by atoms with van der Waals surface area (Å²) in [5.74, 6) is -3.13. The van der Waals surface area contributed by atoms with E-state index in [9.17, 15) is 13.6 Å². The number of primary amides is 1. The highest BCUT2D eigenvalue weighted by Gasteiger charge is 2.34. The number of likely N-dealkylation sites (tertiary alicyclic amines) is 1. The van der Waals surface area contributed by atoms with Crippen molar-refractivity contribution in [3.8, 4) is 0 Å². The Bertz CT molecular complexity index is 241. The fourth-order valence-electron chi connectivity index (χ4n) is 1.52. The lowest BCUT2D eigenvalue weighted by molar-refractivity contribution is -0.113. The zero-order valence-corrected chi connectivity index (χ0v) is 7.88. The predicted octanol–water partition coefficient (Wildman–Crippen LogP) is 0.759. The van der Waals surface area contributed by atoms with Crippen LogP contribution in [0, 0.1) is 0 Å². The molecule has 0 aliphatic carbocycles. The Labute approximate surface area is 81.6 Å². The number of hydrogen-bond donors (Lipinski definition) is 1. The highest BCUT2D eigenvalue weighted by molar-refractivity contribution is 5.85. The molecule has 0 radical (unpaired) electrons. The molecule has 14 heavy (non-hydrogen) atoms. The minimum atomic E-state index is -2.58. The van der Waals surface area contributed by atoms with Crippen molar-refractivity contribution < 1.29 is 13.6 Å². The van der Waals surface area contributed by atoms with Crippen LogP contribution in [0.25, 0.3) is 0 Å². The van der Waals surface area contributed by atoms with Gasteiger partial charge in [-0.25, -0.2) is 8.78 Å². The smallest absolute Gasteiger partial charge is 0.260 e. The van der Waals surface area contributed by atoms with Gasteiger partial charge in [0.1, 0.15) is 0 Å². The topological polar surface area (TPSA) is 46.3 Å². The highest BCUT2D eigenvalue weighted by atomic mass is 19.3. The molecule has 1 saturated heterocycles. The van der Waals surface area contributed by atoms with Crippen LogP contribution in [0.4, 0.5) is 8.78 Å². The van der Waals surface area contributed by atoms with Crippen LogP contribution < -0.4 is 5.73 Å². The second kappa shape index (κ2) is 4.50. The molecule has 2 N–H and O–H groups in total. The second-order valence-corrected chi connectivity index (χ2v) is 3.50. The molecule has 0 unspecified atom stereocenters. The number of nitrogens with two attached hydrogens (primary N) is 1. The summed E-state index contributed by atoms with van der Waals surface area (Å²) in [6.07, 6.45) is 3.18. The molecule has 0 spiro atoms. The van der Waals surface area contributed by atoms with Crippen molar-refractivity contribution in [1.82, 2.24) is 4.90 Å². The minimum absolute atomic E-state index is 0.0387. The Morgan fingerprint density at radius 1 is 1.57 bits per heavy atom. The Hall–Kier alpha value is -0.970. The van der Waals surface area contributed by atoms with Crippen LogP contribution in [0.15, 0.2) is 12.2 Å². The first-order valence-electron chi connectivity index (χ1n) is 4.56. The molecule has 3 nitrogen and oxygen atoms in total. The van der Waals surface area contributed by atoms with Crippen LogP contribution in [0.3, 0.4) is 0 Å². The van der Waals surface area contributed by atoms with E-state index in [2.05, 4.69) is 0 Å². The molecule has 1 rings (SSSR count). The van der Waals surface area contributed by atoms with E-state index in [1.807, 2.05) is 0 Å². The van der Waals surface area contributed by atoms with Crippen LogP contribution in [-0.4, -0.2) is 36.4 Å². The van der Waals surface area contributed by atoms with E-state index in [-0.39, 0.29) is 13.0 Å². The van der Waals surface area contributed by atoms with Crippen LogP contribution in [0.5, 0.6) is 0 Å². The highest BCUT2D eigenvalue weighted by Crippen LogP contribution is 2.26. The minimum Gasteiger partial charge on any atom is -0.366 e. The number of piperidine rings is 1. The summed E-state index contributed by atoms with van der Waals surface area (Å²) in [6.45, 7) is 0.785. The van der Waals surface area contributed by atoms with E-state index < -0.39 is 11.8 Å². The van der Waals surface area contributed by atoms with Gasteiger partial charge in [0.25, 0.3) is 5.92 Å². The van der Waals surface area contributed by atoms with Gasteiger partial charge in [-0.15, -0.1) is 0 Å². The predicted molar refractivity (Wildman–Crippen MR) is 49.0 cm³/mol. The van der Waals surface area contributed by atoms with Crippen LogP contribution in [0.1, 0.15) is 12.8 Å². The number of carbonyl (C=O) groups excluding carboxylic acids is 1. The summed E-state index contributed by atoms with van der Waals surface area (Å²) in [4.78, 5) is 12.0. The average molecular weight is 204 g/mol. The fraction of sp³-hybridized carbons (Fsp3) is 0.667. The van der Waals surface area contributed by atoms with Crippen LogP contribution >= 0.6 is 0 Å². The third-order valence-electron chi connectivity index (χ3n) is 2.12. The molecule has 0 atom stereocenters. The van der Waals surface area contributed by atoms with Crippen molar-refractivity contribution in [2.24, 2.45) is 5.73 Å².